The summed E-state index contributed by atoms with van der Waals surface area (Å²) in [5.74, 6) is 0. The molecule has 1 unspecified atom stereocenters. The van der Waals surface area contributed by atoms with Crippen molar-refractivity contribution in [1.82, 2.24) is 14.9 Å². The van der Waals surface area contributed by atoms with E-state index >= 15 is 0 Å². The van der Waals surface area contributed by atoms with Crippen LogP contribution in [0, 0.1) is 6.92 Å². The molecule has 0 aliphatic carbocycles. The average molecular weight is 268 g/mol. The van der Waals surface area contributed by atoms with Gasteiger partial charge in [0.05, 0.1) is 11.7 Å². The molecule has 1 heterocycles. The Labute approximate surface area is 110 Å². The van der Waals surface area contributed by atoms with Gasteiger partial charge in [-0.3, -0.25) is 0 Å². The Hall–Kier alpha value is -0.970. The molecule has 0 aliphatic heterocycles. The molecule has 2 aromatic rings. The van der Waals surface area contributed by atoms with E-state index in [1.807, 2.05) is 25.4 Å². The van der Waals surface area contributed by atoms with Crippen LogP contribution in [0.3, 0.4) is 0 Å². The van der Waals surface area contributed by atoms with Crippen molar-refractivity contribution in [2.75, 3.05) is 7.05 Å². The van der Waals surface area contributed by atoms with Gasteiger partial charge >= 0.3 is 0 Å². The van der Waals surface area contributed by atoms with Crippen LogP contribution in [0.25, 0.3) is 0 Å². The fourth-order valence-corrected chi connectivity index (χ4v) is 2.54. The van der Waals surface area contributed by atoms with Gasteiger partial charge < -0.3 is 5.32 Å². The number of likely N-dealkylation sites (N-methyl/N-ethyl adjacent to an activating group) is 1. The van der Waals surface area contributed by atoms with Gasteiger partial charge in [-0.25, -0.2) is 0 Å². The maximum atomic E-state index is 6.23. The van der Waals surface area contributed by atoms with Gasteiger partial charge in [0.2, 0.25) is 0 Å². The molecule has 17 heavy (non-hydrogen) atoms. The van der Waals surface area contributed by atoms with Crippen LogP contribution in [0.4, 0.5) is 0 Å². The normalized spacial score (nSPS) is 12.6. The maximum absolute atomic E-state index is 6.23. The number of hydrogen-bond donors (Lipinski definition) is 1. The standard InChI is InChI=1S/C12H14ClN3S/c1-8-3-4-9(10(13)5-8)6-11(14-2)12-7-17-16-15-12/h3-5,7,11,14H,6H2,1-2H3. The van der Waals surface area contributed by atoms with Gasteiger partial charge in [-0.05, 0) is 49.1 Å². The van der Waals surface area contributed by atoms with Crippen molar-refractivity contribution in [3.8, 4) is 0 Å². The number of benzene rings is 1. The molecule has 0 amide bonds. The summed E-state index contributed by atoms with van der Waals surface area (Å²) in [6.45, 7) is 2.04. The molecule has 0 aliphatic rings. The number of rotatable bonds is 4. The quantitative estimate of drug-likeness (QED) is 0.925. The molecule has 5 heteroatoms. The highest BCUT2D eigenvalue weighted by Gasteiger charge is 2.14. The Morgan fingerprint density at radius 2 is 2.29 bits per heavy atom. The minimum Gasteiger partial charge on any atom is -0.311 e. The third-order valence-electron chi connectivity index (χ3n) is 2.71. The zero-order valence-electron chi connectivity index (χ0n) is 9.77. The van der Waals surface area contributed by atoms with Crippen LogP contribution in [-0.4, -0.2) is 16.6 Å². The summed E-state index contributed by atoms with van der Waals surface area (Å²) >= 11 is 7.60. The third-order valence-corrected chi connectivity index (χ3v) is 3.59. The Morgan fingerprint density at radius 1 is 1.47 bits per heavy atom. The lowest BCUT2D eigenvalue weighted by molar-refractivity contribution is 0.574. The smallest absolute Gasteiger partial charge is 0.0928 e. The molecule has 0 saturated carbocycles. The fourth-order valence-electron chi connectivity index (χ4n) is 1.72. The number of aromatic nitrogens is 2. The van der Waals surface area contributed by atoms with Crippen molar-refractivity contribution in [3.05, 3.63) is 45.4 Å². The van der Waals surface area contributed by atoms with Crippen molar-refractivity contribution in [2.45, 2.75) is 19.4 Å². The molecule has 0 saturated heterocycles. The van der Waals surface area contributed by atoms with E-state index in [1.165, 1.54) is 17.1 Å². The van der Waals surface area contributed by atoms with E-state index in [-0.39, 0.29) is 6.04 Å². The Kier molecular flexibility index (Phi) is 4.10. The van der Waals surface area contributed by atoms with Crippen LogP contribution in [-0.2, 0) is 6.42 Å². The fraction of sp³-hybridized carbons (Fsp3) is 0.333. The SMILES string of the molecule is CNC(Cc1ccc(C)cc1Cl)c1csnn1. The summed E-state index contributed by atoms with van der Waals surface area (Å²) in [5.41, 5.74) is 3.27. The third kappa shape index (κ3) is 3.03. The molecule has 1 aromatic carbocycles. The summed E-state index contributed by atoms with van der Waals surface area (Å²) in [6.07, 6.45) is 0.820. The first-order valence-corrected chi connectivity index (χ1v) is 6.61. The Bertz CT molecular complexity index is 485. The molecular weight excluding hydrogens is 254 g/mol. The average Bonchev–Trinajstić information content (AvgIpc) is 2.81. The van der Waals surface area contributed by atoms with Gasteiger partial charge in [0.15, 0.2) is 0 Å². The van der Waals surface area contributed by atoms with E-state index in [4.69, 9.17) is 11.6 Å². The van der Waals surface area contributed by atoms with Crippen LogP contribution in [0.5, 0.6) is 0 Å². The molecule has 0 fully saturated rings. The van der Waals surface area contributed by atoms with Crippen LogP contribution in [0.1, 0.15) is 22.9 Å². The molecule has 1 aromatic heterocycles. The van der Waals surface area contributed by atoms with Crippen LogP contribution in [0.2, 0.25) is 5.02 Å². The molecule has 0 spiro atoms. The second kappa shape index (κ2) is 5.58. The van der Waals surface area contributed by atoms with E-state index in [1.54, 1.807) is 0 Å². The minimum atomic E-state index is 0.161. The first-order chi connectivity index (χ1) is 8.20. The zero-order chi connectivity index (χ0) is 12.3. The molecule has 3 nitrogen and oxygen atoms in total. The summed E-state index contributed by atoms with van der Waals surface area (Å²) < 4.78 is 3.89. The van der Waals surface area contributed by atoms with Crippen molar-refractivity contribution in [3.63, 3.8) is 0 Å². The largest absolute Gasteiger partial charge is 0.311 e. The molecule has 1 atom stereocenters. The lowest BCUT2D eigenvalue weighted by Gasteiger charge is -2.14. The number of halogens is 1. The van der Waals surface area contributed by atoms with Crippen molar-refractivity contribution in [1.29, 1.82) is 0 Å². The van der Waals surface area contributed by atoms with E-state index in [2.05, 4.69) is 27.0 Å². The van der Waals surface area contributed by atoms with Gasteiger partial charge in [0.1, 0.15) is 0 Å². The van der Waals surface area contributed by atoms with Gasteiger partial charge in [-0.1, -0.05) is 28.2 Å². The van der Waals surface area contributed by atoms with Crippen molar-refractivity contribution >= 4 is 23.1 Å². The highest BCUT2D eigenvalue weighted by Crippen LogP contribution is 2.23. The summed E-state index contributed by atoms with van der Waals surface area (Å²) in [6, 6.07) is 6.30. The second-order valence-corrected chi connectivity index (χ2v) is 4.99. The van der Waals surface area contributed by atoms with Crippen LogP contribution >= 0.6 is 23.1 Å². The number of hydrogen-bond acceptors (Lipinski definition) is 4. The topological polar surface area (TPSA) is 37.8 Å². The first-order valence-electron chi connectivity index (χ1n) is 5.40. The summed E-state index contributed by atoms with van der Waals surface area (Å²) in [5, 5.41) is 10.1. The number of nitrogens with zero attached hydrogens (tertiary/aromatic N) is 2. The molecular formula is C12H14ClN3S. The Morgan fingerprint density at radius 3 is 2.88 bits per heavy atom. The van der Waals surface area contributed by atoms with Crippen LogP contribution in [0.15, 0.2) is 23.6 Å². The minimum absolute atomic E-state index is 0.161. The summed E-state index contributed by atoms with van der Waals surface area (Å²) in [4.78, 5) is 0. The van der Waals surface area contributed by atoms with Crippen LogP contribution < -0.4 is 5.32 Å². The highest BCUT2D eigenvalue weighted by atomic mass is 35.5. The maximum Gasteiger partial charge on any atom is 0.0928 e. The molecule has 0 bridgehead atoms. The highest BCUT2D eigenvalue weighted by molar-refractivity contribution is 7.03. The monoisotopic (exact) mass is 267 g/mol. The summed E-state index contributed by atoms with van der Waals surface area (Å²) in [7, 11) is 1.92. The van der Waals surface area contributed by atoms with Gasteiger partial charge in [-0.2, -0.15) is 0 Å². The van der Waals surface area contributed by atoms with Gasteiger partial charge in [0, 0.05) is 10.4 Å². The zero-order valence-corrected chi connectivity index (χ0v) is 11.3. The van der Waals surface area contributed by atoms with Gasteiger partial charge in [-0.15, -0.1) is 5.10 Å². The van der Waals surface area contributed by atoms with E-state index in [9.17, 15) is 0 Å². The predicted molar refractivity (Wildman–Crippen MR) is 71.6 cm³/mol. The van der Waals surface area contributed by atoms with Crippen molar-refractivity contribution < 1.29 is 0 Å². The molecule has 2 rings (SSSR count). The molecule has 0 radical (unpaired) electrons. The lowest BCUT2D eigenvalue weighted by atomic mass is 10.0. The Balaban J connectivity index is 2.19. The number of nitrogens with one attached hydrogen (secondary N) is 1. The predicted octanol–water partition coefficient (Wildman–Crippen LogP) is 3.00. The molecule has 90 valence electrons. The van der Waals surface area contributed by atoms with Crippen molar-refractivity contribution in [2.24, 2.45) is 0 Å². The number of aryl methyl sites for hydroxylation is 1. The van der Waals surface area contributed by atoms with E-state index in [0.717, 1.165) is 22.7 Å². The van der Waals surface area contributed by atoms with E-state index < -0.39 is 0 Å². The molecule has 1 N–H and O–H groups in total. The first kappa shape index (κ1) is 12.5. The van der Waals surface area contributed by atoms with E-state index in [0.29, 0.717) is 0 Å². The lowest BCUT2D eigenvalue weighted by Crippen LogP contribution is -2.19. The second-order valence-electron chi connectivity index (χ2n) is 3.97. The van der Waals surface area contributed by atoms with Gasteiger partial charge in [0.25, 0.3) is 0 Å².